The molecule has 1 aromatic rings. The Balaban J connectivity index is 1.75. The summed E-state index contributed by atoms with van der Waals surface area (Å²) in [6, 6.07) is 0.382. The van der Waals surface area contributed by atoms with Crippen molar-refractivity contribution in [3.63, 3.8) is 0 Å². The normalized spacial score (nSPS) is 17.6. The number of sulfonamides is 1. The Labute approximate surface area is 118 Å². The van der Waals surface area contributed by atoms with Gasteiger partial charge in [-0.05, 0) is 39.7 Å². The Kier molecular flexibility index (Phi) is 4.94. The number of hydrogen-bond acceptors (Lipinski definition) is 5. The lowest BCUT2D eigenvalue weighted by Gasteiger charge is -2.12. The van der Waals surface area contributed by atoms with E-state index in [-0.39, 0.29) is 11.8 Å². The number of aryl methyl sites for hydroxylation is 1. The van der Waals surface area contributed by atoms with E-state index >= 15 is 0 Å². The second kappa shape index (κ2) is 6.30. The summed E-state index contributed by atoms with van der Waals surface area (Å²) in [7, 11) is -3.22. The second-order valence-electron chi connectivity index (χ2n) is 5.07. The van der Waals surface area contributed by atoms with E-state index in [0.717, 1.165) is 17.2 Å². The molecular weight excluding hydrogens is 282 g/mol. The number of nitrogens with zero attached hydrogens (tertiary/aromatic N) is 1. The average molecular weight is 303 g/mol. The highest BCUT2D eigenvalue weighted by Gasteiger charge is 2.21. The molecule has 5 nitrogen and oxygen atoms in total. The van der Waals surface area contributed by atoms with Crippen LogP contribution < -0.4 is 10.0 Å². The SMILES string of the molecule is Cc1csc(C(C)NS(=O)(=O)CCCNC2CC2)n1. The van der Waals surface area contributed by atoms with Crippen molar-refractivity contribution < 1.29 is 8.42 Å². The summed E-state index contributed by atoms with van der Waals surface area (Å²) in [4.78, 5) is 4.30. The quantitative estimate of drug-likeness (QED) is 0.715. The molecule has 1 unspecified atom stereocenters. The van der Waals surface area contributed by atoms with Gasteiger partial charge in [-0.25, -0.2) is 18.1 Å². The Hall–Kier alpha value is -0.500. The fourth-order valence-corrected chi connectivity index (χ4v) is 3.98. The van der Waals surface area contributed by atoms with Crippen LogP contribution in [0.3, 0.4) is 0 Å². The third-order valence-electron chi connectivity index (χ3n) is 2.96. The van der Waals surface area contributed by atoms with E-state index in [1.165, 1.54) is 24.2 Å². The Bertz CT molecular complexity index is 509. The number of hydrogen-bond donors (Lipinski definition) is 2. The molecule has 1 aliphatic carbocycles. The van der Waals surface area contributed by atoms with Crippen molar-refractivity contribution in [2.24, 2.45) is 0 Å². The molecule has 1 saturated carbocycles. The van der Waals surface area contributed by atoms with Gasteiger partial charge in [0.1, 0.15) is 5.01 Å². The molecule has 19 heavy (non-hydrogen) atoms. The van der Waals surface area contributed by atoms with E-state index in [1.807, 2.05) is 19.2 Å². The summed E-state index contributed by atoms with van der Waals surface area (Å²) in [5.41, 5.74) is 0.930. The molecular formula is C12H21N3O2S2. The molecule has 0 saturated heterocycles. The van der Waals surface area contributed by atoms with E-state index in [1.54, 1.807) is 0 Å². The molecule has 2 N–H and O–H groups in total. The molecule has 108 valence electrons. The van der Waals surface area contributed by atoms with Crippen LogP contribution in [0.2, 0.25) is 0 Å². The van der Waals surface area contributed by atoms with Gasteiger partial charge >= 0.3 is 0 Å². The van der Waals surface area contributed by atoms with Gasteiger partial charge in [0.25, 0.3) is 0 Å². The van der Waals surface area contributed by atoms with E-state index in [9.17, 15) is 8.42 Å². The predicted octanol–water partition coefficient (Wildman–Crippen LogP) is 1.57. The Morgan fingerprint density at radius 1 is 1.53 bits per heavy atom. The molecule has 1 fully saturated rings. The van der Waals surface area contributed by atoms with Crippen LogP contribution in [0.1, 0.15) is 42.9 Å². The van der Waals surface area contributed by atoms with Crippen LogP contribution >= 0.6 is 11.3 Å². The summed E-state index contributed by atoms with van der Waals surface area (Å²) in [5, 5.41) is 6.06. The van der Waals surface area contributed by atoms with Crippen LogP contribution in [0.25, 0.3) is 0 Å². The zero-order valence-corrected chi connectivity index (χ0v) is 13.0. The molecule has 1 aromatic heterocycles. The lowest BCUT2D eigenvalue weighted by molar-refractivity contribution is 0.560. The van der Waals surface area contributed by atoms with Gasteiger partial charge in [-0.1, -0.05) is 0 Å². The predicted molar refractivity (Wildman–Crippen MR) is 77.8 cm³/mol. The molecule has 1 heterocycles. The fraction of sp³-hybridized carbons (Fsp3) is 0.750. The molecule has 0 aliphatic heterocycles. The highest BCUT2D eigenvalue weighted by molar-refractivity contribution is 7.89. The molecule has 0 aromatic carbocycles. The summed E-state index contributed by atoms with van der Waals surface area (Å²) < 4.78 is 26.5. The monoisotopic (exact) mass is 303 g/mol. The zero-order chi connectivity index (χ0) is 13.9. The van der Waals surface area contributed by atoms with Crippen LogP contribution in [0.5, 0.6) is 0 Å². The zero-order valence-electron chi connectivity index (χ0n) is 11.3. The van der Waals surface area contributed by atoms with Crippen molar-refractivity contribution in [1.82, 2.24) is 15.0 Å². The molecule has 0 spiro atoms. The maximum atomic E-state index is 11.9. The van der Waals surface area contributed by atoms with Gasteiger partial charge in [0.15, 0.2) is 0 Å². The van der Waals surface area contributed by atoms with Crippen molar-refractivity contribution in [2.45, 2.75) is 45.2 Å². The minimum absolute atomic E-state index is 0.168. The summed E-state index contributed by atoms with van der Waals surface area (Å²) >= 11 is 1.49. The molecule has 1 aliphatic rings. The first-order valence-corrected chi connectivity index (χ1v) is 9.15. The molecule has 7 heteroatoms. The van der Waals surface area contributed by atoms with Gasteiger partial charge in [0, 0.05) is 17.1 Å². The summed E-state index contributed by atoms with van der Waals surface area (Å²) in [6.45, 7) is 4.51. The Morgan fingerprint density at radius 2 is 2.26 bits per heavy atom. The standard InChI is InChI=1S/C12H21N3O2S2/c1-9-8-18-12(14-9)10(2)15-19(16,17)7-3-6-13-11-4-5-11/h8,10-11,13,15H,3-7H2,1-2H3. The van der Waals surface area contributed by atoms with Crippen LogP contribution in [0.15, 0.2) is 5.38 Å². The van der Waals surface area contributed by atoms with Crippen molar-refractivity contribution in [3.8, 4) is 0 Å². The average Bonchev–Trinajstić information content (AvgIpc) is 3.05. The topological polar surface area (TPSA) is 71.1 Å². The Morgan fingerprint density at radius 3 is 2.84 bits per heavy atom. The van der Waals surface area contributed by atoms with Gasteiger partial charge < -0.3 is 5.32 Å². The summed E-state index contributed by atoms with van der Waals surface area (Å²) in [5.74, 6) is 0.168. The second-order valence-corrected chi connectivity index (χ2v) is 7.83. The minimum atomic E-state index is -3.22. The maximum absolute atomic E-state index is 11.9. The molecule has 1 atom stereocenters. The van der Waals surface area contributed by atoms with Crippen molar-refractivity contribution in [1.29, 1.82) is 0 Å². The highest BCUT2D eigenvalue weighted by Crippen LogP contribution is 2.19. The summed E-state index contributed by atoms with van der Waals surface area (Å²) in [6.07, 6.45) is 3.10. The van der Waals surface area contributed by atoms with Crippen molar-refractivity contribution in [2.75, 3.05) is 12.3 Å². The third-order valence-corrected chi connectivity index (χ3v) is 5.65. The minimum Gasteiger partial charge on any atom is -0.314 e. The first-order chi connectivity index (χ1) is 8.96. The fourth-order valence-electron chi connectivity index (χ4n) is 1.81. The maximum Gasteiger partial charge on any atom is 0.212 e. The van der Waals surface area contributed by atoms with Crippen LogP contribution in [0.4, 0.5) is 0 Å². The molecule has 0 radical (unpaired) electrons. The number of thiazole rings is 1. The van der Waals surface area contributed by atoms with Gasteiger partial charge in [0.2, 0.25) is 10.0 Å². The van der Waals surface area contributed by atoms with E-state index in [0.29, 0.717) is 12.5 Å². The number of nitrogens with one attached hydrogen (secondary N) is 2. The van der Waals surface area contributed by atoms with E-state index < -0.39 is 10.0 Å². The van der Waals surface area contributed by atoms with E-state index in [2.05, 4.69) is 15.0 Å². The van der Waals surface area contributed by atoms with Crippen molar-refractivity contribution in [3.05, 3.63) is 16.1 Å². The molecule has 2 rings (SSSR count). The van der Waals surface area contributed by atoms with Crippen LogP contribution in [-0.2, 0) is 10.0 Å². The first-order valence-electron chi connectivity index (χ1n) is 6.62. The molecule has 0 bridgehead atoms. The van der Waals surface area contributed by atoms with E-state index in [4.69, 9.17) is 0 Å². The number of aromatic nitrogens is 1. The van der Waals surface area contributed by atoms with Crippen LogP contribution in [-0.4, -0.2) is 31.7 Å². The number of rotatable bonds is 8. The van der Waals surface area contributed by atoms with Gasteiger partial charge in [0.05, 0.1) is 11.8 Å². The molecule has 0 amide bonds. The van der Waals surface area contributed by atoms with Crippen LogP contribution in [0, 0.1) is 6.92 Å². The lowest BCUT2D eigenvalue weighted by Crippen LogP contribution is -2.30. The van der Waals surface area contributed by atoms with Gasteiger partial charge in [-0.3, -0.25) is 0 Å². The van der Waals surface area contributed by atoms with Crippen molar-refractivity contribution >= 4 is 21.4 Å². The lowest BCUT2D eigenvalue weighted by atomic mass is 10.4. The van der Waals surface area contributed by atoms with Gasteiger partial charge in [-0.15, -0.1) is 11.3 Å². The largest absolute Gasteiger partial charge is 0.314 e. The smallest absolute Gasteiger partial charge is 0.212 e. The highest BCUT2D eigenvalue weighted by atomic mass is 32.2. The first kappa shape index (κ1) is 14.9. The third kappa shape index (κ3) is 5.18. The van der Waals surface area contributed by atoms with Gasteiger partial charge in [-0.2, -0.15) is 0 Å².